The zero-order chi connectivity index (χ0) is 21.2. The van der Waals surface area contributed by atoms with Crippen LogP contribution >= 0.6 is 0 Å². The molecule has 1 saturated heterocycles. The maximum absolute atomic E-state index is 13.7. The third-order valence-corrected chi connectivity index (χ3v) is 8.12. The molecule has 5 aliphatic rings. The molecule has 2 bridgehead atoms. The highest BCUT2D eigenvalue weighted by Gasteiger charge is 2.65. The number of hydrogen-bond acceptors (Lipinski definition) is 5. The van der Waals surface area contributed by atoms with Gasteiger partial charge in [-0.15, -0.1) is 0 Å². The van der Waals surface area contributed by atoms with Gasteiger partial charge in [0, 0.05) is 5.92 Å². The van der Waals surface area contributed by atoms with Crippen LogP contribution in [0.3, 0.4) is 0 Å². The van der Waals surface area contributed by atoms with Gasteiger partial charge in [0.05, 0.1) is 17.6 Å². The summed E-state index contributed by atoms with van der Waals surface area (Å²) in [5, 5.41) is 0. The van der Waals surface area contributed by atoms with Gasteiger partial charge in [0.15, 0.2) is 5.78 Å². The fourth-order valence-electron chi connectivity index (χ4n) is 6.76. The molecule has 3 aliphatic carbocycles. The first-order valence-electron chi connectivity index (χ1n) is 11.3. The number of carbonyl (C=O) groups is 3. The lowest BCUT2D eigenvalue weighted by Crippen LogP contribution is -2.53. The van der Waals surface area contributed by atoms with E-state index in [-0.39, 0.29) is 59.3 Å². The highest BCUT2D eigenvalue weighted by molar-refractivity contribution is 6.09. The number of hydrogen-bond donors (Lipinski definition) is 0. The maximum atomic E-state index is 13.7. The predicted octanol–water partition coefficient (Wildman–Crippen LogP) is 3.44. The summed E-state index contributed by atoms with van der Waals surface area (Å²) in [6.45, 7) is 6.14. The Morgan fingerprint density at radius 3 is 2.57 bits per heavy atom. The lowest BCUT2D eigenvalue weighted by Gasteiger charge is -2.50. The number of rotatable bonds is 0. The fourth-order valence-corrected chi connectivity index (χ4v) is 6.76. The molecule has 3 fully saturated rings. The molecule has 0 aromatic heterocycles. The first-order chi connectivity index (χ1) is 14.3. The largest absolute Gasteiger partial charge is 0.458 e. The number of cyclic esters (lactones) is 1. The Hall–Kier alpha value is -2.01. The smallest absolute Gasteiger partial charge is 0.313 e. The summed E-state index contributed by atoms with van der Waals surface area (Å²) >= 11 is 0. The van der Waals surface area contributed by atoms with Crippen LogP contribution in [-0.2, 0) is 23.9 Å². The van der Waals surface area contributed by atoms with Crippen LogP contribution in [0.4, 0.5) is 0 Å². The van der Waals surface area contributed by atoms with E-state index in [1.54, 1.807) is 6.92 Å². The van der Waals surface area contributed by atoms with Gasteiger partial charge < -0.3 is 9.47 Å². The topological polar surface area (TPSA) is 73.0 Å². The van der Waals surface area contributed by atoms with Crippen LogP contribution in [0.25, 0.3) is 0 Å². The Kier molecular flexibility index (Phi) is 4.66. The molecule has 0 N–H and O–H groups in total. The van der Waals surface area contributed by atoms with Crippen LogP contribution in [0.2, 0.25) is 0 Å². The molecular formula is C25H30O5. The van der Waals surface area contributed by atoms with E-state index in [0.717, 1.165) is 6.42 Å². The molecule has 5 heteroatoms. The first-order valence-corrected chi connectivity index (χ1v) is 11.3. The van der Waals surface area contributed by atoms with Crippen LogP contribution in [-0.4, -0.2) is 35.3 Å². The summed E-state index contributed by atoms with van der Waals surface area (Å²) in [6.07, 6.45) is 13.2. The summed E-state index contributed by atoms with van der Waals surface area (Å²) in [5.41, 5.74) is -0.0632. The Morgan fingerprint density at radius 2 is 1.77 bits per heavy atom. The van der Waals surface area contributed by atoms with Gasteiger partial charge in [-0.05, 0) is 62.4 Å². The van der Waals surface area contributed by atoms with E-state index in [4.69, 9.17) is 9.47 Å². The second-order valence-corrected chi connectivity index (χ2v) is 10.1. The Bertz CT molecular complexity index is 869. The van der Waals surface area contributed by atoms with Crippen LogP contribution in [0.15, 0.2) is 36.5 Å². The van der Waals surface area contributed by atoms with Gasteiger partial charge in [-0.25, -0.2) is 0 Å². The number of ketones is 2. The molecule has 30 heavy (non-hydrogen) atoms. The number of carbonyl (C=O) groups excluding carboxylic acids is 3. The molecule has 160 valence electrons. The zero-order valence-electron chi connectivity index (χ0n) is 17.8. The van der Waals surface area contributed by atoms with Gasteiger partial charge in [0.2, 0.25) is 0 Å². The lowest BCUT2D eigenvalue weighted by molar-refractivity contribution is -0.151. The molecule has 8 unspecified atom stereocenters. The maximum Gasteiger partial charge on any atom is 0.313 e. The van der Waals surface area contributed by atoms with Gasteiger partial charge in [-0.1, -0.05) is 37.3 Å². The first kappa shape index (κ1) is 19.9. The van der Waals surface area contributed by atoms with Crippen molar-refractivity contribution in [3.05, 3.63) is 36.5 Å². The minimum Gasteiger partial charge on any atom is -0.458 e. The van der Waals surface area contributed by atoms with E-state index < -0.39 is 18.0 Å². The van der Waals surface area contributed by atoms with Gasteiger partial charge in [0.25, 0.3) is 0 Å². The molecule has 2 aliphatic heterocycles. The third-order valence-electron chi connectivity index (χ3n) is 8.12. The van der Waals surface area contributed by atoms with E-state index >= 15 is 0 Å². The average Bonchev–Trinajstić information content (AvgIpc) is 3.37. The second kappa shape index (κ2) is 7.01. The third kappa shape index (κ3) is 3.13. The van der Waals surface area contributed by atoms with Crippen molar-refractivity contribution in [3.8, 4) is 0 Å². The highest BCUT2D eigenvalue weighted by Crippen LogP contribution is 2.60. The van der Waals surface area contributed by atoms with E-state index in [1.807, 2.05) is 18.2 Å². The predicted molar refractivity (Wildman–Crippen MR) is 110 cm³/mol. The summed E-state index contributed by atoms with van der Waals surface area (Å²) in [7, 11) is 0. The number of allylic oxidation sites excluding steroid dienone is 5. The van der Waals surface area contributed by atoms with Crippen molar-refractivity contribution in [2.45, 2.75) is 57.8 Å². The van der Waals surface area contributed by atoms with E-state index in [1.165, 1.54) is 0 Å². The van der Waals surface area contributed by atoms with Crippen molar-refractivity contribution in [1.82, 2.24) is 0 Å². The number of fused-ring (bicyclic) bond motifs is 7. The zero-order valence-corrected chi connectivity index (χ0v) is 17.8. The lowest BCUT2D eigenvalue weighted by atomic mass is 9.52. The van der Waals surface area contributed by atoms with Crippen molar-refractivity contribution in [2.75, 3.05) is 0 Å². The fraction of sp³-hybridized carbons (Fsp3) is 0.640. The number of Topliss-reactive ketones (excluding diaryl/α,β-unsaturated/α-hetero) is 2. The van der Waals surface area contributed by atoms with Crippen molar-refractivity contribution in [2.24, 2.45) is 41.4 Å². The molecule has 0 aromatic rings. The highest BCUT2D eigenvalue weighted by atomic mass is 16.6. The van der Waals surface area contributed by atoms with Crippen molar-refractivity contribution < 1.29 is 23.9 Å². The van der Waals surface area contributed by atoms with Gasteiger partial charge in [-0.3, -0.25) is 14.4 Å². The molecule has 10 atom stereocenters. The van der Waals surface area contributed by atoms with E-state index in [0.29, 0.717) is 12.3 Å². The second-order valence-electron chi connectivity index (χ2n) is 10.1. The summed E-state index contributed by atoms with van der Waals surface area (Å²) < 4.78 is 11.3. The molecule has 0 radical (unpaired) electrons. The van der Waals surface area contributed by atoms with E-state index in [2.05, 4.69) is 32.1 Å². The molecule has 0 amide bonds. The summed E-state index contributed by atoms with van der Waals surface area (Å²) in [6, 6.07) is 0. The molecule has 5 nitrogen and oxygen atoms in total. The van der Waals surface area contributed by atoms with Gasteiger partial charge in [0.1, 0.15) is 18.3 Å². The quantitative estimate of drug-likeness (QED) is 0.265. The van der Waals surface area contributed by atoms with Crippen molar-refractivity contribution >= 4 is 17.5 Å². The van der Waals surface area contributed by atoms with Gasteiger partial charge in [-0.2, -0.15) is 0 Å². The van der Waals surface area contributed by atoms with Crippen molar-refractivity contribution in [1.29, 1.82) is 0 Å². The molecule has 5 rings (SSSR count). The minimum atomic E-state index is -0.722. The SMILES string of the molecule is CC1/C=C/C=C\[C@H]2C[C@H](C(=O)CC(=O)O1)C(=O)C1C3C(C=CC12)CC1(C)OC1C3C. The Morgan fingerprint density at radius 1 is 1.00 bits per heavy atom. The van der Waals surface area contributed by atoms with E-state index in [9.17, 15) is 14.4 Å². The number of ether oxygens (including phenoxy) is 2. The molecule has 2 heterocycles. The Balaban J connectivity index is 1.52. The standard InChI is InChI=1S/C25H30O5/c1-13-6-4-5-7-15-10-18(19(26)11-20(27)29-13)23(28)22-17(15)9-8-16-12-25(3)24(30-25)14(2)21(16)22/h4-9,13-18,21-22,24H,10-12H2,1-3H3/b6-4+,7-5-/t13?,14?,15-,16?,17?,18+,21?,22?,24?,25?/m0/s1. The molecule has 0 aromatic carbocycles. The minimum absolute atomic E-state index is 0.0264. The van der Waals surface area contributed by atoms with Crippen LogP contribution in [0, 0.1) is 41.4 Å². The number of esters is 1. The molecule has 0 spiro atoms. The normalized spacial score (nSPS) is 52.0. The monoisotopic (exact) mass is 410 g/mol. The van der Waals surface area contributed by atoms with Gasteiger partial charge >= 0.3 is 5.97 Å². The summed E-state index contributed by atoms with van der Waals surface area (Å²) in [5.74, 6) is -0.754. The van der Waals surface area contributed by atoms with Crippen LogP contribution in [0.1, 0.15) is 40.0 Å². The average molecular weight is 411 g/mol. The summed E-state index contributed by atoms with van der Waals surface area (Å²) in [4.78, 5) is 38.9. The van der Waals surface area contributed by atoms with Crippen molar-refractivity contribution in [3.63, 3.8) is 0 Å². The molecular weight excluding hydrogens is 380 g/mol. The van der Waals surface area contributed by atoms with Crippen LogP contribution in [0.5, 0.6) is 0 Å². The molecule has 2 saturated carbocycles. The number of epoxide rings is 1. The Labute approximate surface area is 177 Å². The van der Waals surface area contributed by atoms with Crippen LogP contribution < -0.4 is 0 Å².